The summed E-state index contributed by atoms with van der Waals surface area (Å²) in [4.78, 5) is 50.6. The van der Waals surface area contributed by atoms with Crippen molar-refractivity contribution in [3.63, 3.8) is 0 Å². The number of unbranched alkanes of at least 4 members (excludes halogenated alkanes) is 4. The molecule has 6 aliphatic rings. The summed E-state index contributed by atoms with van der Waals surface area (Å²) in [6.07, 6.45) is 10.7. The lowest BCUT2D eigenvalue weighted by molar-refractivity contribution is -0.314. The molecule has 1 amide bonds. The Morgan fingerprint density at radius 2 is 1.62 bits per heavy atom. The highest BCUT2D eigenvalue weighted by molar-refractivity contribution is 7.11. The molecule has 360 valence electrons. The number of hydrogen-bond acceptors (Lipinski definition) is 13. The van der Waals surface area contributed by atoms with Crippen molar-refractivity contribution in [2.45, 2.75) is 217 Å². The maximum absolute atomic E-state index is 15.2. The number of rotatable bonds is 15. The van der Waals surface area contributed by atoms with Crippen molar-refractivity contribution in [1.29, 1.82) is 0 Å². The number of carbonyl (C=O) groups excluding carboxylic acids is 3. The number of likely N-dealkylation sites (N-methyl/N-ethyl adjacent to an activating group) is 1. The van der Waals surface area contributed by atoms with Crippen LogP contribution in [0.3, 0.4) is 0 Å². The molecule has 4 fully saturated rings. The second-order valence-corrected chi connectivity index (χ2v) is 20.9. The van der Waals surface area contributed by atoms with E-state index in [9.17, 15) is 9.59 Å². The van der Waals surface area contributed by atoms with Gasteiger partial charge in [-0.3, -0.25) is 14.4 Å². The summed E-state index contributed by atoms with van der Waals surface area (Å²) in [7, 11) is 6.87. The molecule has 14 heteroatoms. The molecule has 3 saturated heterocycles. The Morgan fingerprint density at radius 1 is 0.875 bits per heavy atom. The zero-order valence-corrected chi connectivity index (χ0v) is 41.1. The van der Waals surface area contributed by atoms with Gasteiger partial charge in [0.25, 0.3) is 0 Å². The highest BCUT2D eigenvalue weighted by Gasteiger charge is 2.57. The predicted molar refractivity (Wildman–Crippen MR) is 243 cm³/mol. The van der Waals surface area contributed by atoms with Gasteiger partial charge in [-0.1, -0.05) is 52.5 Å². The van der Waals surface area contributed by atoms with Crippen molar-refractivity contribution in [2.24, 2.45) is 23.7 Å². The number of ketones is 1. The fraction of sp³-hybridized carbons (Fsp3) is 0.840. The third-order valence-corrected chi connectivity index (χ3v) is 16.8. The van der Waals surface area contributed by atoms with Crippen LogP contribution in [-0.2, 0) is 52.3 Å². The van der Waals surface area contributed by atoms with Crippen LogP contribution in [0.1, 0.15) is 158 Å². The molecule has 3 aliphatic carbocycles. The molecule has 0 aromatic carbocycles. The largest absolute Gasteiger partial charge is 0.462 e. The predicted octanol–water partition coefficient (Wildman–Crippen LogP) is 8.59. The van der Waals surface area contributed by atoms with Crippen LogP contribution in [0.15, 0.2) is 11.6 Å². The molecule has 4 heterocycles. The maximum atomic E-state index is 15.2. The molecule has 1 aromatic rings. The van der Waals surface area contributed by atoms with Gasteiger partial charge in [-0.15, -0.1) is 11.3 Å². The molecular weight excluding hydrogens is 837 g/mol. The topological polar surface area (TPSA) is 141 Å². The molecule has 13 nitrogen and oxygen atoms in total. The SMILES string of the molecule is CCCCCCCC(=O)N(C)[C@H]1CC[C@H](O[C@H]2CCC[C@H](CC)OC(=O)C[C@@H]3C(=C[C@H]4[C@@H]5C[C@H](O[C@@H]6OC(C)[C@H](OC)C(OC)C6OC)C[C@H]5c5sc(C)nc5[C@H]43)C(=O)[C@@H]2C)OC1C. The lowest BCUT2D eigenvalue weighted by atomic mass is 9.67. The Morgan fingerprint density at radius 3 is 2.33 bits per heavy atom. The molecule has 64 heavy (non-hydrogen) atoms. The van der Waals surface area contributed by atoms with Gasteiger partial charge in [-0.2, -0.15) is 0 Å². The van der Waals surface area contributed by atoms with Crippen LogP contribution >= 0.6 is 11.3 Å². The second kappa shape index (κ2) is 22.2. The Bertz CT molecular complexity index is 1770. The second-order valence-electron chi connectivity index (χ2n) is 19.7. The fourth-order valence-electron chi connectivity index (χ4n) is 12.3. The number of Topliss-reactive ketones (excluding diaryl/α,β-unsaturated/α-hetero) is 1. The zero-order valence-electron chi connectivity index (χ0n) is 40.3. The van der Waals surface area contributed by atoms with Crippen LogP contribution in [0, 0.1) is 30.6 Å². The Labute approximate surface area is 386 Å². The van der Waals surface area contributed by atoms with Gasteiger partial charge >= 0.3 is 5.97 Å². The quantitative estimate of drug-likeness (QED) is 0.123. The summed E-state index contributed by atoms with van der Waals surface area (Å²) >= 11 is 1.73. The molecule has 0 radical (unpaired) electrons. The summed E-state index contributed by atoms with van der Waals surface area (Å²) in [5.41, 5.74) is 1.72. The molecule has 1 saturated carbocycles. The van der Waals surface area contributed by atoms with E-state index >= 15 is 4.79 Å². The number of hydrogen-bond donors (Lipinski definition) is 0. The number of ether oxygens (including phenoxy) is 8. The van der Waals surface area contributed by atoms with E-state index in [0.717, 1.165) is 49.2 Å². The number of amides is 1. The van der Waals surface area contributed by atoms with Crippen LogP contribution in [0.2, 0.25) is 0 Å². The molecule has 3 aliphatic heterocycles. The number of thiazole rings is 1. The summed E-state index contributed by atoms with van der Waals surface area (Å²) in [6, 6.07) is -0.0276. The average Bonchev–Trinajstić information content (AvgIpc) is 3.98. The van der Waals surface area contributed by atoms with Crippen LogP contribution in [0.25, 0.3) is 0 Å². The fourth-order valence-corrected chi connectivity index (χ4v) is 13.4. The van der Waals surface area contributed by atoms with E-state index < -0.39 is 30.7 Å². The van der Waals surface area contributed by atoms with E-state index in [-0.39, 0.29) is 96.3 Å². The van der Waals surface area contributed by atoms with Crippen molar-refractivity contribution in [1.82, 2.24) is 9.88 Å². The highest BCUT2D eigenvalue weighted by atomic mass is 32.1. The minimum Gasteiger partial charge on any atom is -0.462 e. The van der Waals surface area contributed by atoms with Crippen molar-refractivity contribution in [2.75, 3.05) is 28.4 Å². The monoisotopic (exact) mass is 915 g/mol. The number of cyclic esters (lactones) is 1. The first-order chi connectivity index (χ1) is 30.8. The van der Waals surface area contributed by atoms with Gasteiger partial charge in [0.2, 0.25) is 5.91 Å². The van der Waals surface area contributed by atoms with E-state index in [2.05, 4.69) is 26.8 Å². The Kier molecular flexibility index (Phi) is 17.2. The van der Waals surface area contributed by atoms with E-state index in [1.165, 1.54) is 24.1 Å². The zero-order chi connectivity index (χ0) is 45.8. The number of carbonyl (C=O) groups is 3. The van der Waals surface area contributed by atoms with Crippen LogP contribution in [-0.4, -0.2) is 123 Å². The molecule has 4 unspecified atom stereocenters. The average molecular weight is 915 g/mol. The number of aromatic nitrogens is 1. The van der Waals surface area contributed by atoms with Gasteiger partial charge in [-0.25, -0.2) is 4.98 Å². The lowest BCUT2D eigenvalue weighted by Crippen LogP contribution is -2.59. The minimum absolute atomic E-state index is 0.00691. The van der Waals surface area contributed by atoms with Crippen molar-refractivity contribution in [3.05, 3.63) is 27.2 Å². The normalized spacial score (nSPS) is 39.1. The van der Waals surface area contributed by atoms with E-state index in [1.54, 1.807) is 32.7 Å². The molecule has 17 atom stereocenters. The van der Waals surface area contributed by atoms with Gasteiger partial charge in [0, 0.05) is 69.8 Å². The number of fused-ring (bicyclic) bond motifs is 8. The molecule has 7 rings (SSSR count). The lowest BCUT2D eigenvalue weighted by Gasteiger charge is -2.44. The van der Waals surface area contributed by atoms with Gasteiger partial charge in [0.1, 0.15) is 24.4 Å². The van der Waals surface area contributed by atoms with Gasteiger partial charge in [0.15, 0.2) is 18.4 Å². The summed E-state index contributed by atoms with van der Waals surface area (Å²) < 4.78 is 50.5. The third kappa shape index (κ3) is 10.5. The molecule has 0 N–H and O–H groups in total. The van der Waals surface area contributed by atoms with Gasteiger partial charge in [-0.05, 0) is 89.5 Å². The number of aryl methyl sites for hydroxylation is 1. The van der Waals surface area contributed by atoms with Crippen molar-refractivity contribution in [3.8, 4) is 0 Å². The summed E-state index contributed by atoms with van der Waals surface area (Å²) in [6.45, 7) is 12.3. The number of esters is 1. The number of nitrogens with zero attached hydrogens (tertiary/aromatic N) is 2. The van der Waals surface area contributed by atoms with E-state index in [4.69, 9.17) is 42.9 Å². The van der Waals surface area contributed by atoms with Gasteiger partial charge < -0.3 is 42.8 Å². The highest BCUT2D eigenvalue weighted by Crippen LogP contribution is 2.62. The smallest absolute Gasteiger partial charge is 0.306 e. The Hall–Kier alpha value is -2.30. The van der Waals surface area contributed by atoms with E-state index in [0.29, 0.717) is 37.7 Å². The first kappa shape index (κ1) is 49.6. The standard InChI is InChI=1S/C50H78N2O11S/c1-11-13-14-15-16-20-40(53)52(7)38-21-22-42(59-28(38)4)63-39-19-17-18-31(12-2)61-41(54)26-35-36(45(55)27(39)3)25-34-33-23-32(24-37(33)49-44(43(34)35)51-30(6)64-49)62-50-48(58-10)47(57-9)46(56-8)29(5)60-50/h25,27-29,31-35,37-39,42-43,46-48,50H,11-24,26H2,1-10H3/t27-,28?,29?,31+,32+,33+,34+,35-,37-,38+,39+,42+,43-,46+,47?,48?,50+/m1/s1. The molecule has 0 spiro atoms. The van der Waals surface area contributed by atoms with Crippen LogP contribution < -0.4 is 0 Å². The maximum Gasteiger partial charge on any atom is 0.306 e. The number of methoxy groups -OCH3 is 3. The number of allylic oxidation sites excluding steroid dienone is 2. The first-order valence-electron chi connectivity index (χ1n) is 24.7. The molecule has 1 aromatic heterocycles. The van der Waals surface area contributed by atoms with Crippen LogP contribution in [0.4, 0.5) is 0 Å². The first-order valence-corrected chi connectivity index (χ1v) is 25.5. The third-order valence-electron chi connectivity index (χ3n) is 15.7. The van der Waals surface area contributed by atoms with Crippen LogP contribution in [0.5, 0.6) is 0 Å². The molecule has 0 bridgehead atoms. The summed E-state index contributed by atoms with van der Waals surface area (Å²) in [5, 5.41) is 0.983. The van der Waals surface area contributed by atoms with E-state index in [1.807, 2.05) is 32.7 Å². The van der Waals surface area contributed by atoms with Crippen molar-refractivity contribution >= 4 is 29.0 Å². The van der Waals surface area contributed by atoms with Gasteiger partial charge in [0.05, 0.1) is 47.6 Å². The minimum atomic E-state index is -0.645. The molecular formula is C50H78N2O11S. The Balaban J connectivity index is 1.10. The summed E-state index contributed by atoms with van der Waals surface area (Å²) in [5.74, 6) is -0.669. The van der Waals surface area contributed by atoms with Crippen molar-refractivity contribution < 1.29 is 52.3 Å².